The summed E-state index contributed by atoms with van der Waals surface area (Å²) in [4.78, 5) is -0.0285. The first-order chi connectivity index (χ1) is 9.87. The van der Waals surface area contributed by atoms with Gasteiger partial charge in [0.15, 0.2) is 11.6 Å². The molecule has 114 valence electrons. The van der Waals surface area contributed by atoms with Crippen molar-refractivity contribution in [2.45, 2.75) is 18.4 Å². The number of hydrogen-bond acceptors (Lipinski definition) is 5. The SMILES string of the molecule is COc1ccc(NS(=O)(=O)c2cc(CN)oc2C)cc1F. The minimum absolute atomic E-state index is 0.0285. The maximum atomic E-state index is 13.6. The van der Waals surface area contributed by atoms with E-state index in [0.717, 1.165) is 6.07 Å². The van der Waals surface area contributed by atoms with E-state index in [1.54, 1.807) is 0 Å². The van der Waals surface area contributed by atoms with Crippen LogP contribution in [0.25, 0.3) is 0 Å². The quantitative estimate of drug-likeness (QED) is 0.880. The number of benzene rings is 1. The molecule has 1 aromatic heterocycles. The maximum absolute atomic E-state index is 13.6. The Morgan fingerprint density at radius 2 is 2.10 bits per heavy atom. The first-order valence-corrected chi connectivity index (χ1v) is 7.51. The Morgan fingerprint density at radius 3 is 2.62 bits per heavy atom. The van der Waals surface area contributed by atoms with Gasteiger partial charge in [-0.1, -0.05) is 0 Å². The monoisotopic (exact) mass is 314 g/mol. The molecule has 0 spiro atoms. The van der Waals surface area contributed by atoms with Crippen molar-refractivity contribution < 1.29 is 22.0 Å². The van der Waals surface area contributed by atoms with E-state index in [9.17, 15) is 12.8 Å². The predicted molar refractivity (Wildman–Crippen MR) is 75.1 cm³/mol. The third-order valence-electron chi connectivity index (χ3n) is 2.82. The van der Waals surface area contributed by atoms with Crippen LogP contribution in [0.4, 0.5) is 10.1 Å². The van der Waals surface area contributed by atoms with Gasteiger partial charge < -0.3 is 14.9 Å². The number of sulfonamides is 1. The van der Waals surface area contributed by atoms with Crippen molar-refractivity contribution in [1.82, 2.24) is 0 Å². The number of rotatable bonds is 5. The third-order valence-corrected chi connectivity index (χ3v) is 4.31. The number of nitrogens with two attached hydrogens (primary N) is 1. The molecule has 0 fully saturated rings. The molecule has 21 heavy (non-hydrogen) atoms. The molecule has 0 amide bonds. The smallest absolute Gasteiger partial charge is 0.265 e. The Kier molecular flexibility index (Phi) is 4.19. The molecule has 3 N–H and O–H groups in total. The second-order valence-corrected chi connectivity index (χ2v) is 5.94. The van der Waals surface area contributed by atoms with Gasteiger partial charge in [-0.3, -0.25) is 4.72 Å². The average Bonchev–Trinajstić information content (AvgIpc) is 2.81. The van der Waals surface area contributed by atoms with Crippen LogP contribution in [0.1, 0.15) is 11.5 Å². The van der Waals surface area contributed by atoms with Crippen LogP contribution in [0.3, 0.4) is 0 Å². The van der Waals surface area contributed by atoms with E-state index in [2.05, 4.69) is 4.72 Å². The van der Waals surface area contributed by atoms with Crippen molar-refractivity contribution in [3.8, 4) is 5.75 Å². The van der Waals surface area contributed by atoms with Gasteiger partial charge in [-0.25, -0.2) is 12.8 Å². The van der Waals surface area contributed by atoms with Crippen molar-refractivity contribution in [3.05, 3.63) is 41.6 Å². The maximum Gasteiger partial charge on any atom is 0.265 e. The van der Waals surface area contributed by atoms with Crippen molar-refractivity contribution in [3.63, 3.8) is 0 Å². The molecule has 2 aromatic rings. The van der Waals surface area contributed by atoms with Gasteiger partial charge in [0.2, 0.25) is 0 Å². The zero-order valence-corrected chi connectivity index (χ0v) is 12.3. The molecule has 1 heterocycles. The van der Waals surface area contributed by atoms with E-state index in [0.29, 0.717) is 5.76 Å². The van der Waals surface area contributed by atoms with Crippen molar-refractivity contribution in [1.29, 1.82) is 0 Å². The molecule has 0 aliphatic rings. The molecule has 0 saturated carbocycles. The summed E-state index contributed by atoms with van der Waals surface area (Å²) in [6.45, 7) is 1.61. The minimum Gasteiger partial charge on any atom is -0.494 e. The zero-order chi connectivity index (χ0) is 15.6. The van der Waals surface area contributed by atoms with Crippen LogP contribution in [0.2, 0.25) is 0 Å². The van der Waals surface area contributed by atoms with Crippen LogP contribution in [0.15, 0.2) is 33.6 Å². The molecule has 6 nitrogen and oxygen atoms in total. The Bertz CT molecular complexity index is 756. The van der Waals surface area contributed by atoms with Crippen LogP contribution in [0, 0.1) is 12.7 Å². The average molecular weight is 314 g/mol. The number of hydrogen-bond donors (Lipinski definition) is 2. The molecule has 0 saturated heterocycles. The molecule has 0 aliphatic carbocycles. The molecular weight excluding hydrogens is 299 g/mol. The van der Waals surface area contributed by atoms with Crippen LogP contribution in [-0.2, 0) is 16.6 Å². The highest BCUT2D eigenvalue weighted by atomic mass is 32.2. The van der Waals surface area contributed by atoms with E-state index in [-0.39, 0.29) is 28.6 Å². The summed E-state index contributed by atoms with van der Waals surface area (Å²) in [7, 11) is -2.55. The fraction of sp³-hybridized carbons (Fsp3) is 0.231. The van der Waals surface area contributed by atoms with Gasteiger partial charge >= 0.3 is 0 Å². The van der Waals surface area contributed by atoms with Crippen LogP contribution >= 0.6 is 0 Å². The second kappa shape index (κ2) is 5.74. The van der Waals surface area contributed by atoms with Gasteiger partial charge in [-0.2, -0.15) is 0 Å². The molecule has 0 unspecified atom stereocenters. The topological polar surface area (TPSA) is 94.6 Å². The normalized spacial score (nSPS) is 11.4. The first-order valence-electron chi connectivity index (χ1n) is 6.03. The summed E-state index contributed by atoms with van der Waals surface area (Å²) in [5, 5.41) is 0. The van der Waals surface area contributed by atoms with Crippen LogP contribution in [0.5, 0.6) is 5.75 Å². The van der Waals surface area contributed by atoms with E-state index in [1.165, 1.54) is 32.2 Å². The predicted octanol–water partition coefficient (Wildman–Crippen LogP) is 2.00. The lowest BCUT2D eigenvalue weighted by Gasteiger charge is -2.08. The Hall–Kier alpha value is -2.06. The lowest BCUT2D eigenvalue weighted by atomic mass is 10.3. The molecular formula is C13H15FN2O4S. The Balaban J connectivity index is 2.32. The van der Waals surface area contributed by atoms with Gasteiger partial charge in [0.1, 0.15) is 16.4 Å². The van der Waals surface area contributed by atoms with Crippen LogP contribution in [-0.4, -0.2) is 15.5 Å². The molecule has 1 aromatic carbocycles. The largest absolute Gasteiger partial charge is 0.494 e. The lowest BCUT2D eigenvalue weighted by Crippen LogP contribution is -2.13. The molecule has 0 radical (unpaired) electrons. The highest BCUT2D eigenvalue weighted by Gasteiger charge is 2.21. The number of halogens is 1. The number of methoxy groups -OCH3 is 1. The third kappa shape index (κ3) is 3.17. The number of anilines is 1. The molecule has 8 heteroatoms. The Labute approximate surface area is 121 Å². The van der Waals surface area contributed by atoms with Gasteiger partial charge in [0, 0.05) is 12.1 Å². The highest BCUT2D eigenvalue weighted by Crippen LogP contribution is 2.25. The number of aryl methyl sites for hydroxylation is 1. The fourth-order valence-corrected chi connectivity index (χ4v) is 3.09. The van der Waals surface area contributed by atoms with Crippen molar-refractivity contribution >= 4 is 15.7 Å². The van der Waals surface area contributed by atoms with Gasteiger partial charge in [-0.05, 0) is 19.1 Å². The standard InChI is InChI=1S/C13H15FN2O4S/c1-8-13(6-10(7-15)20-8)21(17,18)16-9-3-4-12(19-2)11(14)5-9/h3-6,16H,7,15H2,1-2H3. The highest BCUT2D eigenvalue weighted by molar-refractivity contribution is 7.92. The summed E-state index contributed by atoms with van der Waals surface area (Å²) in [5.74, 6) is -0.0576. The summed E-state index contributed by atoms with van der Waals surface area (Å²) >= 11 is 0. The summed E-state index contributed by atoms with van der Waals surface area (Å²) in [6.07, 6.45) is 0. The lowest BCUT2D eigenvalue weighted by molar-refractivity contribution is 0.386. The van der Waals surface area contributed by atoms with E-state index < -0.39 is 15.8 Å². The van der Waals surface area contributed by atoms with Crippen molar-refractivity contribution in [2.75, 3.05) is 11.8 Å². The van der Waals surface area contributed by atoms with E-state index >= 15 is 0 Å². The number of nitrogens with one attached hydrogen (secondary N) is 1. The van der Waals surface area contributed by atoms with E-state index in [4.69, 9.17) is 14.9 Å². The number of furan rings is 1. The van der Waals surface area contributed by atoms with Gasteiger partial charge in [0.05, 0.1) is 19.3 Å². The fourth-order valence-electron chi connectivity index (χ4n) is 1.83. The van der Waals surface area contributed by atoms with Crippen molar-refractivity contribution in [2.24, 2.45) is 5.73 Å². The molecule has 0 atom stereocenters. The van der Waals surface area contributed by atoms with Gasteiger partial charge in [0.25, 0.3) is 10.0 Å². The summed E-state index contributed by atoms with van der Waals surface area (Å²) in [6, 6.07) is 5.12. The molecule has 2 rings (SSSR count). The summed E-state index contributed by atoms with van der Waals surface area (Å²) in [5.41, 5.74) is 5.49. The Morgan fingerprint density at radius 1 is 1.38 bits per heavy atom. The first kappa shape index (κ1) is 15.3. The minimum atomic E-state index is -3.88. The summed E-state index contributed by atoms with van der Waals surface area (Å²) < 4.78 is 50.3. The molecule has 0 bridgehead atoms. The zero-order valence-electron chi connectivity index (χ0n) is 11.5. The van der Waals surface area contributed by atoms with Crippen LogP contribution < -0.4 is 15.2 Å². The van der Waals surface area contributed by atoms with E-state index in [1.807, 2.05) is 0 Å². The van der Waals surface area contributed by atoms with Gasteiger partial charge in [-0.15, -0.1) is 0 Å². The second-order valence-electron chi connectivity index (χ2n) is 4.29. The molecule has 0 aliphatic heterocycles. The number of ether oxygens (including phenoxy) is 1.